The van der Waals surface area contributed by atoms with Crippen LogP contribution < -0.4 is 5.43 Å². The van der Waals surface area contributed by atoms with Crippen molar-refractivity contribution in [1.82, 2.24) is 9.99 Å². The number of hydrogen-bond donors (Lipinski definition) is 1. The van der Waals surface area contributed by atoms with Crippen LogP contribution in [0.4, 0.5) is 0 Å². The Labute approximate surface area is 187 Å². The van der Waals surface area contributed by atoms with Crippen LogP contribution in [0.25, 0.3) is 10.9 Å². The Kier molecular flexibility index (Phi) is 6.48. The van der Waals surface area contributed by atoms with Gasteiger partial charge >= 0.3 is 0 Å². The number of carbonyl (C=O) groups excluding carboxylic acids is 1. The van der Waals surface area contributed by atoms with Gasteiger partial charge in [0.05, 0.1) is 6.21 Å². The van der Waals surface area contributed by atoms with Gasteiger partial charge in [0.15, 0.2) is 0 Å². The molecule has 4 aromatic rings. The first-order chi connectivity index (χ1) is 15.1. The highest BCUT2D eigenvalue weighted by Crippen LogP contribution is 2.27. The van der Waals surface area contributed by atoms with E-state index in [4.69, 9.17) is 11.6 Å². The molecule has 0 aliphatic rings. The lowest BCUT2D eigenvalue weighted by Gasteiger charge is -2.10. The molecule has 156 valence electrons. The van der Waals surface area contributed by atoms with E-state index in [0.717, 1.165) is 38.3 Å². The molecule has 1 amide bonds. The predicted molar refractivity (Wildman–Crippen MR) is 128 cm³/mol. The fourth-order valence-corrected chi connectivity index (χ4v) is 3.94. The van der Waals surface area contributed by atoms with Gasteiger partial charge in [-0.1, -0.05) is 78.3 Å². The first kappa shape index (κ1) is 20.9. The van der Waals surface area contributed by atoms with Crippen LogP contribution in [0.15, 0.2) is 84.0 Å². The van der Waals surface area contributed by atoms with E-state index in [2.05, 4.69) is 34.2 Å². The molecule has 31 heavy (non-hydrogen) atoms. The summed E-state index contributed by atoms with van der Waals surface area (Å²) in [5.41, 5.74) is 8.03. The van der Waals surface area contributed by atoms with Crippen molar-refractivity contribution in [2.24, 2.45) is 5.10 Å². The molecule has 0 unspecified atom stereocenters. The molecule has 0 spiro atoms. The lowest BCUT2D eigenvalue weighted by Crippen LogP contribution is -2.18. The lowest BCUT2D eigenvalue weighted by atomic mass is 10.1. The Morgan fingerprint density at radius 3 is 2.52 bits per heavy atom. The predicted octanol–water partition coefficient (Wildman–Crippen LogP) is 5.73. The fourth-order valence-electron chi connectivity index (χ4n) is 3.75. The molecule has 4 rings (SSSR count). The summed E-state index contributed by atoms with van der Waals surface area (Å²) in [6.07, 6.45) is 2.83. The van der Waals surface area contributed by atoms with Crippen LogP contribution in [-0.4, -0.2) is 16.7 Å². The largest absolute Gasteiger partial charge is 0.340 e. The summed E-state index contributed by atoms with van der Waals surface area (Å²) in [7, 11) is 0. The van der Waals surface area contributed by atoms with Crippen molar-refractivity contribution in [3.05, 3.63) is 106 Å². The quantitative estimate of drug-likeness (QED) is 0.296. The van der Waals surface area contributed by atoms with Crippen LogP contribution >= 0.6 is 11.6 Å². The van der Waals surface area contributed by atoms with Gasteiger partial charge < -0.3 is 4.57 Å². The smallest absolute Gasteiger partial charge is 0.240 e. The van der Waals surface area contributed by atoms with Gasteiger partial charge in [0.2, 0.25) is 5.91 Å². The molecule has 4 nitrogen and oxygen atoms in total. The van der Waals surface area contributed by atoms with E-state index in [9.17, 15) is 4.79 Å². The molecule has 0 bridgehead atoms. The van der Waals surface area contributed by atoms with Gasteiger partial charge in [0.25, 0.3) is 0 Å². The number of hydrogen-bond acceptors (Lipinski definition) is 2. The Morgan fingerprint density at radius 1 is 1.00 bits per heavy atom. The van der Waals surface area contributed by atoms with Crippen molar-refractivity contribution in [1.29, 1.82) is 0 Å². The third-order valence-corrected chi connectivity index (χ3v) is 5.80. The highest BCUT2D eigenvalue weighted by molar-refractivity contribution is 6.31. The minimum absolute atomic E-state index is 0.0995. The number of aromatic nitrogens is 1. The highest BCUT2D eigenvalue weighted by atomic mass is 35.5. The normalized spacial score (nSPS) is 11.3. The highest BCUT2D eigenvalue weighted by Gasteiger charge is 2.13. The molecule has 5 heteroatoms. The molecule has 0 fully saturated rings. The SMILES string of the molecule is Cc1c(/C=N/NC(=O)CCc2ccccc2)c2ccccc2n1Cc1ccccc1Cl. The Bertz CT molecular complexity index is 1230. The number of benzene rings is 3. The molecule has 3 aromatic carbocycles. The summed E-state index contributed by atoms with van der Waals surface area (Å²) < 4.78 is 2.23. The van der Waals surface area contributed by atoms with Gasteiger partial charge in [0.1, 0.15) is 0 Å². The van der Waals surface area contributed by atoms with Crippen molar-refractivity contribution >= 4 is 34.6 Å². The minimum Gasteiger partial charge on any atom is -0.340 e. The van der Waals surface area contributed by atoms with E-state index >= 15 is 0 Å². The number of para-hydroxylation sites is 1. The summed E-state index contributed by atoms with van der Waals surface area (Å²) in [4.78, 5) is 12.2. The van der Waals surface area contributed by atoms with Crippen molar-refractivity contribution in [2.45, 2.75) is 26.3 Å². The first-order valence-electron chi connectivity index (χ1n) is 10.3. The summed E-state index contributed by atoms with van der Waals surface area (Å²) in [5, 5.41) is 6.08. The molecular formula is C26H24ClN3O. The maximum atomic E-state index is 12.2. The van der Waals surface area contributed by atoms with E-state index in [-0.39, 0.29) is 5.91 Å². The zero-order valence-corrected chi connectivity index (χ0v) is 18.1. The zero-order valence-electron chi connectivity index (χ0n) is 17.4. The summed E-state index contributed by atoms with van der Waals surface area (Å²) in [6, 6.07) is 26.1. The van der Waals surface area contributed by atoms with E-state index in [1.165, 1.54) is 0 Å². The Hall–Kier alpha value is -3.37. The van der Waals surface area contributed by atoms with E-state index < -0.39 is 0 Å². The molecule has 0 saturated heterocycles. The Balaban J connectivity index is 1.52. The van der Waals surface area contributed by atoms with E-state index in [1.807, 2.05) is 66.7 Å². The van der Waals surface area contributed by atoms with Gasteiger partial charge in [-0.25, -0.2) is 5.43 Å². The topological polar surface area (TPSA) is 46.4 Å². The number of halogens is 1. The standard InChI is InChI=1S/C26H24ClN3O/c1-19-23(17-28-29-26(31)16-15-20-9-3-2-4-10-20)22-12-6-8-14-25(22)30(19)18-21-11-5-7-13-24(21)27/h2-14,17H,15-16,18H2,1H3,(H,29,31)/b28-17+. The summed E-state index contributed by atoms with van der Waals surface area (Å²) in [6.45, 7) is 2.73. The Morgan fingerprint density at radius 2 is 1.71 bits per heavy atom. The van der Waals surface area contributed by atoms with Crippen LogP contribution in [-0.2, 0) is 17.8 Å². The van der Waals surface area contributed by atoms with Crippen molar-refractivity contribution < 1.29 is 4.79 Å². The third-order valence-electron chi connectivity index (χ3n) is 5.43. The fraction of sp³-hybridized carbons (Fsp3) is 0.154. The number of amides is 1. The van der Waals surface area contributed by atoms with Crippen LogP contribution in [0.1, 0.15) is 28.8 Å². The second kappa shape index (κ2) is 9.63. The molecule has 0 aliphatic heterocycles. The van der Waals surface area contributed by atoms with Crippen LogP contribution in [0, 0.1) is 6.92 Å². The number of rotatable bonds is 7. The maximum Gasteiger partial charge on any atom is 0.240 e. The molecule has 0 radical (unpaired) electrons. The van der Waals surface area contributed by atoms with Gasteiger partial charge in [0, 0.05) is 40.1 Å². The van der Waals surface area contributed by atoms with Crippen LogP contribution in [0.2, 0.25) is 5.02 Å². The van der Waals surface area contributed by atoms with E-state index in [0.29, 0.717) is 19.4 Å². The van der Waals surface area contributed by atoms with Crippen LogP contribution in [0.5, 0.6) is 0 Å². The average Bonchev–Trinajstić information content (AvgIpc) is 3.06. The van der Waals surface area contributed by atoms with Crippen molar-refractivity contribution in [3.8, 4) is 0 Å². The molecule has 1 aromatic heterocycles. The number of fused-ring (bicyclic) bond motifs is 1. The van der Waals surface area contributed by atoms with Gasteiger partial charge in [-0.15, -0.1) is 0 Å². The van der Waals surface area contributed by atoms with Crippen LogP contribution in [0.3, 0.4) is 0 Å². The van der Waals surface area contributed by atoms with Gasteiger partial charge in [-0.3, -0.25) is 4.79 Å². The second-order valence-corrected chi connectivity index (χ2v) is 7.88. The monoisotopic (exact) mass is 429 g/mol. The summed E-state index contributed by atoms with van der Waals surface area (Å²) >= 11 is 6.39. The van der Waals surface area contributed by atoms with E-state index in [1.54, 1.807) is 6.21 Å². The number of nitrogens with zero attached hydrogens (tertiary/aromatic N) is 2. The molecule has 1 heterocycles. The number of aryl methyl sites for hydroxylation is 1. The molecular weight excluding hydrogens is 406 g/mol. The number of nitrogens with one attached hydrogen (secondary N) is 1. The third kappa shape index (κ3) is 4.86. The molecule has 0 aliphatic carbocycles. The molecule has 0 saturated carbocycles. The van der Waals surface area contributed by atoms with Crippen molar-refractivity contribution in [2.75, 3.05) is 0 Å². The average molecular weight is 430 g/mol. The molecule has 1 N–H and O–H groups in total. The zero-order chi connectivity index (χ0) is 21.6. The van der Waals surface area contributed by atoms with Gasteiger partial charge in [-0.05, 0) is 36.6 Å². The first-order valence-corrected chi connectivity index (χ1v) is 10.7. The lowest BCUT2D eigenvalue weighted by molar-refractivity contribution is -0.121. The summed E-state index contributed by atoms with van der Waals surface area (Å²) in [5.74, 6) is -0.0995. The number of carbonyl (C=O) groups is 1. The second-order valence-electron chi connectivity index (χ2n) is 7.47. The minimum atomic E-state index is -0.0995. The maximum absolute atomic E-state index is 12.2. The van der Waals surface area contributed by atoms with Gasteiger partial charge in [-0.2, -0.15) is 5.10 Å². The molecule has 0 atom stereocenters. The van der Waals surface area contributed by atoms with Crippen molar-refractivity contribution in [3.63, 3.8) is 0 Å². The number of hydrazone groups is 1.